The number of hydrogen-bond donors (Lipinski definition) is 0. The van der Waals surface area contributed by atoms with E-state index in [1.807, 2.05) is 16.8 Å². The van der Waals surface area contributed by atoms with E-state index < -0.39 is 5.41 Å². The average molecular weight is 429 g/mol. The summed E-state index contributed by atoms with van der Waals surface area (Å²) in [7, 11) is 6.95. The first kappa shape index (κ1) is 21.5. The maximum absolute atomic E-state index is 13.3. The number of ether oxygens (including phenoxy) is 1. The second-order valence-corrected chi connectivity index (χ2v) is 9.39. The van der Waals surface area contributed by atoms with Crippen molar-refractivity contribution >= 4 is 17.8 Å². The Balaban J connectivity index is 1.55. The monoisotopic (exact) mass is 428 g/mol. The van der Waals surface area contributed by atoms with Gasteiger partial charge < -0.3 is 24.3 Å². The average Bonchev–Trinajstić information content (AvgIpc) is 3.25. The number of carbonyl (C=O) groups is 3. The highest BCUT2D eigenvalue weighted by Crippen LogP contribution is 2.57. The molecule has 3 heterocycles. The predicted molar refractivity (Wildman–Crippen MR) is 116 cm³/mol. The lowest BCUT2D eigenvalue weighted by atomic mass is 9.60. The van der Waals surface area contributed by atoms with Crippen molar-refractivity contribution in [3.05, 3.63) is 29.8 Å². The minimum absolute atomic E-state index is 0.000593. The van der Waals surface area contributed by atoms with Gasteiger partial charge in [-0.3, -0.25) is 9.59 Å². The number of likely N-dealkylation sites (tertiary alicyclic amines) is 3. The number of hydrogen-bond acceptors (Lipinski definition) is 4. The number of fused-ring (bicyclic) bond motifs is 1. The van der Waals surface area contributed by atoms with E-state index in [1.54, 1.807) is 55.3 Å². The van der Waals surface area contributed by atoms with Gasteiger partial charge in [-0.15, -0.1) is 0 Å². The van der Waals surface area contributed by atoms with Gasteiger partial charge in [0.1, 0.15) is 5.75 Å². The molecule has 4 amide bonds. The Labute approximate surface area is 183 Å². The van der Waals surface area contributed by atoms with Crippen LogP contribution in [-0.4, -0.2) is 98.4 Å². The van der Waals surface area contributed by atoms with Gasteiger partial charge in [-0.25, -0.2) is 4.79 Å². The van der Waals surface area contributed by atoms with Crippen molar-refractivity contribution in [1.82, 2.24) is 19.6 Å². The highest BCUT2D eigenvalue weighted by molar-refractivity contribution is 5.94. The third-order valence-corrected chi connectivity index (χ3v) is 7.60. The number of urea groups is 1. The largest absolute Gasteiger partial charge is 0.497 e. The molecular formula is C23H32N4O4. The van der Waals surface area contributed by atoms with E-state index >= 15 is 0 Å². The van der Waals surface area contributed by atoms with E-state index in [9.17, 15) is 14.4 Å². The minimum atomic E-state index is -0.539. The summed E-state index contributed by atoms with van der Waals surface area (Å²) in [5.41, 5.74) is -0.182. The molecule has 0 bridgehead atoms. The van der Waals surface area contributed by atoms with Gasteiger partial charge in [-0.2, -0.15) is 0 Å². The van der Waals surface area contributed by atoms with Crippen molar-refractivity contribution < 1.29 is 19.1 Å². The van der Waals surface area contributed by atoms with E-state index in [4.69, 9.17) is 4.74 Å². The molecule has 168 valence electrons. The fourth-order valence-corrected chi connectivity index (χ4v) is 5.75. The number of rotatable bonds is 2. The molecule has 1 atom stereocenters. The number of methoxy groups -OCH3 is 1. The first-order valence-corrected chi connectivity index (χ1v) is 10.9. The van der Waals surface area contributed by atoms with Crippen molar-refractivity contribution in [2.24, 2.45) is 10.8 Å². The first-order chi connectivity index (χ1) is 14.7. The molecule has 3 fully saturated rings. The van der Waals surface area contributed by atoms with Crippen LogP contribution in [0.4, 0.5) is 4.79 Å². The Kier molecular flexibility index (Phi) is 5.35. The lowest BCUT2D eigenvalue weighted by molar-refractivity contribution is -0.141. The number of piperidine rings is 1. The van der Waals surface area contributed by atoms with Crippen LogP contribution in [0.25, 0.3) is 0 Å². The van der Waals surface area contributed by atoms with E-state index in [0.29, 0.717) is 31.7 Å². The standard InChI is InChI=1S/C23H32N4O4/c1-24(2)21(30)27-15-22(23(16-27)11-12-25(3)20(23)29)9-13-26(14-10-22)19(28)17-5-7-18(31-4)8-6-17/h5-8H,9-16H2,1-4H3/t23-/m0/s1. The molecule has 4 rings (SSSR count). The fourth-order valence-electron chi connectivity index (χ4n) is 5.75. The lowest BCUT2D eigenvalue weighted by Crippen LogP contribution is -2.53. The van der Waals surface area contributed by atoms with E-state index in [1.165, 1.54) is 0 Å². The molecule has 0 N–H and O–H groups in total. The zero-order valence-corrected chi connectivity index (χ0v) is 18.9. The summed E-state index contributed by atoms with van der Waals surface area (Å²) in [6, 6.07) is 7.12. The van der Waals surface area contributed by atoms with Crippen LogP contribution < -0.4 is 4.74 Å². The van der Waals surface area contributed by atoms with Gasteiger partial charge in [0.25, 0.3) is 5.91 Å². The summed E-state index contributed by atoms with van der Waals surface area (Å²) in [5.74, 6) is 0.869. The lowest BCUT2D eigenvalue weighted by Gasteiger charge is -2.46. The summed E-state index contributed by atoms with van der Waals surface area (Å²) in [6.45, 7) is 2.95. The highest BCUT2D eigenvalue weighted by Gasteiger charge is 2.65. The number of amides is 4. The highest BCUT2D eigenvalue weighted by atomic mass is 16.5. The molecular weight excluding hydrogens is 396 g/mol. The molecule has 1 aromatic carbocycles. The predicted octanol–water partition coefficient (Wildman–Crippen LogP) is 1.76. The van der Waals surface area contributed by atoms with Gasteiger partial charge >= 0.3 is 6.03 Å². The van der Waals surface area contributed by atoms with Gasteiger partial charge in [-0.1, -0.05) is 0 Å². The summed E-state index contributed by atoms with van der Waals surface area (Å²) >= 11 is 0. The van der Waals surface area contributed by atoms with Crippen molar-refractivity contribution in [2.45, 2.75) is 19.3 Å². The molecule has 31 heavy (non-hydrogen) atoms. The second kappa shape index (κ2) is 7.73. The Morgan fingerprint density at radius 2 is 1.61 bits per heavy atom. The van der Waals surface area contributed by atoms with Gasteiger partial charge in [0, 0.05) is 64.8 Å². The first-order valence-electron chi connectivity index (χ1n) is 10.9. The van der Waals surface area contributed by atoms with E-state index in [2.05, 4.69) is 0 Å². The topological polar surface area (TPSA) is 73.4 Å². The molecule has 0 saturated carbocycles. The molecule has 0 unspecified atom stereocenters. The molecule has 3 aliphatic heterocycles. The summed E-state index contributed by atoms with van der Waals surface area (Å²) in [5, 5.41) is 0. The van der Waals surface area contributed by atoms with Crippen LogP contribution in [0.1, 0.15) is 29.6 Å². The minimum Gasteiger partial charge on any atom is -0.497 e. The van der Waals surface area contributed by atoms with Gasteiger partial charge in [-0.05, 0) is 43.5 Å². The summed E-state index contributed by atoms with van der Waals surface area (Å²) < 4.78 is 5.18. The maximum atomic E-state index is 13.3. The van der Waals surface area contributed by atoms with Crippen molar-refractivity contribution in [1.29, 1.82) is 0 Å². The van der Waals surface area contributed by atoms with Gasteiger partial charge in [0.15, 0.2) is 0 Å². The van der Waals surface area contributed by atoms with Gasteiger partial charge in [0.2, 0.25) is 5.91 Å². The van der Waals surface area contributed by atoms with Crippen LogP contribution in [0.3, 0.4) is 0 Å². The fraction of sp³-hybridized carbons (Fsp3) is 0.609. The Morgan fingerprint density at radius 1 is 0.968 bits per heavy atom. The van der Waals surface area contributed by atoms with E-state index in [-0.39, 0.29) is 23.3 Å². The van der Waals surface area contributed by atoms with Crippen LogP contribution in [0, 0.1) is 10.8 Å². The summed E-state index contributed by atoms with van der Waals surface area (Å²) in [6.07, 6.45) is 2.23. The van der Waals surface area contributed by atoms with Crippen LogP contribution in [0.15, 0.2) is 24.3 Å². The zero-order chi connectivity index (χ0) is 22.4. The van der Waals surface area contributed by atoms with Gasteiger partial charge in [0.05, 0.1) is 12.5 Å². The number of benzene rings is 1. The molecule has 0 aliphatic carbocycles. The van der Waals surface area contributed by atoms with Crippen molar-refractivity contribution in [2.75, 3.05) is 61.0 Å². The molecule has 2 spiro atoms. The van der Waals surface area contributed by atoms with Crippen molar-refractivity contribution in [3.8, 4) is 5.75 Å². The second-order valence-electron chi connectivity index (χ2n) is 9.39. The van der Waals surface area contributed by atoms with Crippen LogP contribution in [0.2, 0.25) is 0 Å². The number of carbonyl (C=O) groups excluding carboxylic acids is 3. The third-order valence-electron chi connectivity index (χ3n) is 7.60. The third kappa shape index (κ3) is 3.32. The van der Waals surface area contributed by atoms with Crippen LogP contribution in [0.5, 0.6) is 5.75 Å². The molecule has 0 radical (unpaired) electrons. The van der Waals surface area contributed by atoms with Crippen LogP contribution >= 0.6 is 0 Å². The normalized spacial score (nSPS) is 24.9. The Bertz CT molecular complexity index is 876. The Morgan fingerprint density at radius 3 is 2.13 bits per heavy atom. The zero-order valence-electron chi connectivity index (χ0n) is 18.9. The van der Waals surface area contributed by atoms with E-state index in [0.717, 1.165) is 31.6 Å². The smallest absolute Gasteiger partial charge is 0.319 e. The number of nitrogens with zero attached hydrogens (tertiary/aromatic N) is 4. The maximum Gasteiger partial charge on any atom is 0.319 e. The molecule has 0 aromatic heterocycles. The quantitative estimate of drug-likeness (QED) is 0.720. The molecule has 8 heteroatoms. The molecule has 1 aromatic rings. The molecule has 3 aliphatic rings. The molecule has 8 nitrogen and oxygen atoms in total. The molecule has 3 saturated heterocycles. The van der Waals surface area contributed by atoms with Crippen LogP contribution in [-0.2, 0) is 4.79 Å². The Hall–Kier alpha value is -2.77. The van der Waals surface area contributed by atoms with Crippen molar-refractivity contribution in [3.63, 3.8) is 0 Å². The summed E-state index contributed by atoms with van der Waals surface area (Å²) in [4.78, 5) is 46.2. The SMILES string of the molecule is COc1ccc(C(=O)N2CCC3(CC2)CN(C(=O)N(C)C)C[C@]32CCN(C)C2=O)cc1.